The lowest BCUT2D eigenvalue weighted by Crippen LogP contribution is -2.56. The lowest BCUT2D eigenvalue weighted by Gasteiger charge is -2.45. The molecule has 0 bridgehead atoms. The fraction of sp³-hybridized carbons (Fsp3) is 0.393. The summed E-state index contributed by atoms with van der Waals surface area (Å²) in [6.45, 7) is 7.84. The first kappa shape index (κ1) is 27.4. The number of fused-ring (bicyclic) bond motifs is 1. The third kappa shape index (κ3) is 6.24. The number of hydrogen-bond acceptors (Lipinski definition) is 6. The van der Waals surface area contributed by atoms with Crippen LogP contribution in [0.5, 0.6) is 0 Å². The Kier molecular flexibility index (Phi) is 8.20. The molecule has 2 N–H and O–H groups in total. The predicted molar refractivity (Wildman–Crippen MR) is 149 cm³/mol. The van der Waals surface area contributed by atoms with E-state index in [4.69, 9.17) is 0 Å². The van der Waals surface area contributed by atoms with Crippen LogP contribution in [0.3, 0.4) is 0 Å². The largest absolute Gasteiger partial charge is 0.351 e. The number of pyridine rings is 2. The number of thioether (sulfide) groups is 1. The van der Waals surface area contributed by atoms with Crippen molar-refractivity contribution in [1.82, 2.24) is 25.1 Å². The molecule has 0 spiro atoms. The quantitative estimate of drug-likeness (QED) is 0.407. The van der Waals surface area contributed by atoms with E-state index in [0.29, 0.717) is 30.6 Å². The number of rotatable bonds is 9. The van der Waals surface area contributed by atoms with Crippen LogP contribution in [-0.2, 0) is 17.9 Å². The van der Waals surface area contributed by atoms with Gasteiger partial charge in [0.1, 0.15) is 17.8 Å². The van der Waals surface area contributed by atoms with Gasteiger partial charge in [0.2, 0.25) is 5.91 Å². The van der Waals surface area contributed by atoms with Crippen LogP contribution in [0.1, 0.15) is 45.7 Å². The van der Waals surface area contributed by atoms with Gasteiger partial charge < -0.3 is 15.5 Å². The van der Waals surface area contributed by atoms with Crippen molar-refractivity contribution in [2.24, 2.45) is 5.41 Å². The third-order valence-corrected chi connectivity index (χ3v) is 7.09. The van der Waals surface area contributed by atoms with Gasteiger partial charge in [0.25, 0.3) is 17.4 Å². The van der Waals surface area contributed by atoms with Crippen molar-refractivity contribution >= 4 is 40.5 Å². The summed E-state index contributed by atoms with van der Waals surface area (Å²) in [5, 5.41) is 6.06. The van der Waals surface area contributed by atoms with Crippen LogP contribution in [-0.4, -0.2) is 63.8 Å². The van der Waals surface area contributed by atoms with Crippen molar-refractivity contribution < 1.29 is 14.4 Å². The van der Waals surface area contributed by atoms with E-state index in [1.807, 2.05) is 37.4 Å². The van der Waals surface area contributed by atoms with Crippen LogP contribution in [0, 0.1) is 12.3 Å². The highest BCUT2D eigenvalue weighted by Crippen LogP contribution is 2.28. The molecular formula is C28H33N5O4S. The molecule has 0 unspecified atom stereocenters. The third-order valence-electron chi connectivity index (χ3n) is 6.48. The van der Waals surface area contributed by atoms with Gasteiger partial charge in [-0.1, -0.05) is 43.7 Å². The zero-order chi connectivity index (χ0) is 27.4. The van der Waals surface area contributed by atoms with Gasteiger partial charge in [-0.2, -0.15) is 11.8 Å². The molecule has 2 aromatic heterocycles. The van der Waals surface area contributed by atoms with E-state index in [9.17, 15) is 19.2 Å². The second-order valence-electron chi connectivity index (χ2n) is 10.4. The number of nitrogens with zero attached hydrogens (tertiary/aromatic N) is 3. The van der Waals surface area contributed by atoms with Crippen molar-refractivity contribution in [3.8, 4) is 0 Å². The molecule has 9 nitrogen and oxygen atoms in total. The Bertz CT molecular complexity index is 1420. The number of nitrogens with one attached hydrogen (secondary N) is 2. The zero-order valence-corrected chi connectivity index (χ0v) is 23.0. The maximum Gasteiger partial charge on any atom is 0.265 e. The van der Waals surface area contributed by atoms with Gasteiger partial charge in [0, 0.05) is 43.5 Å². The number of carbonyl (C=O) groups excluding carboxylic acids is 3. The van der Waals surface area contributed by atoms with Crippen LogP contribution >= 0.6 is 11.8 Å². The van der Waals surface area contributed by atoms with E-state index < -0.39 is 11.5 Å². The summed E-state index contributed by atoms with van der Waals surface area (Å²) < 4.78 is 1.24. The summed E-state index contributed by atoms with van der Waals surface area (Å²) in [5.41, 5.74) is 1.89. The number of carbonyl (C=O) groups is 3. The second kappa shape index (κ2) is 11.4. The van der Waals surface area contributed by atoms with Crippen molar-refractivity contribution in [2.45, 2.75) is 33.9 Å². The number of aryl methyl sites for hydroxylation is 1. The molecule has 1 aliphatic heterocycles. The summed E-state index contributed by atoms with van der Waals surface area (Å²) in [4.78, 5) is 58.3. The Labute approximate surface area is 226 Å². The number of benzene rings is 1. The Morgan fingerprint density at radius 1 is 1.05 bits per heavy atom. The van der Waals surface area contributed by atoms with Gasteiger partial charge >= 0.3 is 0 Å². The Morgan fingerprint density at radius 3 is 2.42 bits per heavy atom. The van der Waals surface area contributed by atoms with Crippen molar-refractivity contribution in [1.29, 1.82) is 0 Å². The first-order chi connectivity index (χ1) is 18.1. The smallest absolute Gasteiger partial charge is 0.265 e. The summed E-state index contributed by atoms with van der Waals surface area (Å²) in [7, 11) is 0. The molecule has 1 aromatic carbocycles. The van der Waals surface area contributed by atoms with E-state index in [0.717, 1.165) is 16.9 Å². The average molecular weight is 536 g/mol. The molecule has 0 atom stereocenters. The molecule has 1 saturated heterocycles. The van der Waals surface area contributed by atoms with Gasteiger partial charge in [0.05, 0.1) is 5.56 Å². The molecule has 0 aliphatic carbocycles. The first-order valence-electron chi connectivity index (χ1n) is 12.5. The molecule has 0 radical (unpaired) electrons. The van der Waals surface area contributed by atoms with E-state index in [1.165, 1.54) is 16.8 Å². The first-order valence-corrected chi connectivity index (χ1v) is 13.9. The maximum absolute atomic E-state index is 13.5. The van der Waals surface area contributed by atoms with E-state index in [-0.39, 0.29) is 41.5 Å². The van der Waals surface area contributed by atoms with Crippen LogP contribution in [0.4, 0.5) is 0 Å². The van der Waals surface area contributed by atoms with Crippen LogP contribution in [0.15, 0.2) is 47.4 Å². The van der Waals surface area contributed by atoms with Crippen LogP contribution in [0.2, 0.25) is 0 Å². The van der Waals surface area contributed by atoms with Gasteiger partial charge in [-0.25, -0.2) is 4.98 Å². The van der Waals surface area contributed by atoms with Gasteiger partial charge in [-0.3, -0.25) is 23.7 Å². The molecule has 4 rings (SSSR count). The fourth-order valence-corrected chi connectivity index (χ4v) is 4.76. The molecule has 38 heavy (non-hydrogen) atoms. The minimum atomic E-state index is -0.600. The number of aromatic nitrogens is 2. The normalized spacial score (nSPS) is 14.2. The predicted octanol–water partition coefficient (Wildman–Crippen LogP) is 2.60. The molecule has 1 aliphatic rings. The molecule has 3 aromatic rings. The average Bonchev–Trinajstić information content (AvgIpc) is 2.87. The molecule has 10 heteroatoms. The minimum absolute atomic E-state index is 0.0389. The van der Waals surface area contributed by atoms with Crippen LogP contribution in [0.25, 0.3) is 11.0 Å². The number of amides is 3. The SMILES string of the molecule is CSCCNC(=O)c1cnc2c(c1)cc(C(=O)NCc1ccc(C)cc1)c(=O)n2CC(=O)N1CC(C)(C)C1. The Hall–Kier alpha value is -3.66. The van der Waals surface area contributed by atoms with Gasteiger partial charge in [0.15, 0.2) is 0 Å². The highest BCUT2D eigenvalue weighted by molar-refractivity contribution is 7.98. The van der Waals surface area contributed by atoms with Gasteiger partial charge in [-0.05, 0) is 36.3 Å². The lowest BCUT2D eigenvalue weighted by atomic mass is 9.84. The highest BCUT2D eigenvalue weighted by atomic mass is 32.2. The van der Waals surface area contributed by atoms with Crippen molar-refractivity contribution in [3.05, 3.63) is 75.2 Å². The molecule has 0 saturated carbocycles. The summed E-state index contributed by atoms with van der Waals surface area (Å²) in [6.07, 6.45) is 3.35. The van der Waals surface area contributed by atoms with Crippen molar-refractivity contribution in [3.63, 3.8) is 0 Å². The van der Waals surface area contributed by atoms with Crippen molar-refractivity contribution in [2.75, 3.05) is 31.6 Å². The zero-order valence-electron chi connectivity index (χ0n) is 22.2. The molecule has 200 valence electrons. The maximum atomic E-state index is 13.5. The Balaban J connectivity index is 1.67. The molecule has 3 amide bonds. The molecule has 3 heterocycles. The second-order valence-corrected chi connectivity index (χ2v) is 11.4. The van der Waals surface area contributed by atoms with Crippen LogP contribution < -0.4 is 16.2 Å². The van der Waals surface area contributed by atoms with E-state index in [2.05, 4.69) is 29.5 Å². The summed E-state index contributed by atoms with van der Waals surface area (Å²) in [5.74, 6) is -0.299. The molecular weight excluding hydrogens is 502 g/mol. The summed E-state index contributed by atoms with van der Waals surface area (Å²) in [6, 6.07) is 10.8. The Morgan fingerprint density at radius 2 is 1.76 bits per heavy atom. The monoisotopic (exact) mass is 535 g/mol. The number of likely N-dealkylation sites (tertiary alicyclic amines) is 1. The van der Waals surface area contributed by atoms with E-state index in [1.54, 1.807) is 22.7 Å². The molecule has 1 fully saturated rings. The van der Waals surface area contributed by atoms with E-state index >= 15 is 0 Å². The lowest BCUT2D eigenvalue weighted by molar-refractivity contribution is -0.142. The van der Waals surface area contributed by atoms with Gasteiger partial charge in [-0.15, -0.1) is 0 Å². The summed E-state index contributed by atoms with van der Waals surface area (Å²) >= 11 is 1.62. The standard InChI is InChI=1S/C28H33N5O4S/c1-18-5-7-19(8-6-18)13-31-26(36)22-12-20-11-21(25(35)29-9-10-38-4)14-30-24(20)33(27(22)37)15-23(34)32-16-28(2,3)17-32/h5-8,11-12,14H,9-10,13,15-17H2,1-4H3,(H,29,35)(H,31,36). The minimum Gasteiger partial charge on any atom is -0.351 e. The topological polar surface area (TPSA) is 113 Å². The highest BCUT2D eigenvalue weighted by Gasteiger charge is 2.37. The fourth-order valence-electron chi connectivity index (χ4n) is 4.45. The number of hydrogen-bond donors (Lipinski definition) is 2.